The number of carbonyl (C=O) groups excluding carboxylic acids is 2. The Kier molecular flexibility index (Phi) is 5.28. The molecule has 2 heterocycles. The van der Waals surface area contributed by atoms with Crippen LogP contribution in [-0.4, -0.2) is 26.7 Å². The Morgan fingerprint density at radius 1 is 1.06 bits per heavy atom. The third-order valence-electron chi connectivity index (χ3n) is 5.41. The van der Waals surface area contributed by atoms with Crippen LogP contribution in [0.1, 0.15) is 28.3 Å². The zero-order valence-corrected chi connectivity index (χ0v) is 17.4. The summed E-state index contributed by atoms with van der Waals surface area (Å²) < 4.78 is 0. The Morgan fingerprint density at radius 3 is 2.44 bits per heavy atom. The molecule has 1 fully saturated rings. The number of pyridine rings is 1. The molecule has 8 nitrogen and oxygen atoms in total. The molecule has 3 aromatic rings. The fraction of sp³-hybridized carbons (Fsp3) is 0.125. The second-order valence-electron chi connectivity index (χ2n) is 7.55. The Balaban J connectivity index is 1.96. The van der Waals surface area contributed by atoms with Gasteiger partial charge in [-0.3, -0.25) is 29.6 Å². The van der Waals surface area contributed by atoms with E-state index in [1.807, 2.05) is 26.0 Å². The van der Waals surface area contributed by atoms with E-state index in [0.717, 1.165) is 11.1 Å². The number of aliphatic hydroxyl groups is 1. The molecule has 32 heavy (non-hydrogen) atoms. The fourth-order valence-electron chi connectivity index (χ4n) is 3.94. The van der Waals surface area contributed by atoms with Crippen LogP contribution in [-0.2, 0) is 9.59 Å². The molecule has 0 bridgehead atoms. The first-order valence-corrected chi connectivity index (χ1v) is 9.82. The molecule has 1 atom stereocenters. The largest absolute Gasteiger partial charge is 0.507 e. The average molecular weight is 429 g/mol. The van der Waals surface area contributed by atoms with Gasteiger partial charge in [-0.25, -0.2) is 0 Å². The first-order valence-electron chi connectivity index (χ1n) is 9.82. The first kappa shape index (κ1) is 20.9. The summed E-state index contributed by atoms with van der Waals surface area (Å²) in [6, 6.07) is 13.2. The van der Waals surface area contributed by atoms with Gasteiger partial charge in [0.15, 0.2) is 0 Å². The number of amides is 1. The minimum Gasteiger partial charge on any atom is -0.507 e. The monoisotopic (exact) mass is 429 g/mol. The molecule has 0 spiro atoms. The molecular formula is C24H19N3O5. The molecular weight excluding hydrogens is 410 g/mol. The van der Waals surface area contributed by atoms with Gasteiger partial charge in [-0.2, -0.15) is 0 Å². The molecule has 0 saturated carbocycles. The third-order valence-corrected chi connectivity index (χ3v) is 5.41. The van der Waals surface area contributed by atoms with Gasteiger partial charge in [-0.15, -0.1) is 0 Å². The molecule has 1 amide bonds. The quantitative estimate of drug-likeness (QED) is 0.218. The van der Waals surface area contributed by atoms with Gasteiger partial charge in [0.05, 0.1) is 16.5 Å². The van der Waals surface area contributed by atoms with Crippen molar-refractivity contribution in [3.8, 4) is 0 Å². The maximum atomic E-state index is 13.2. The summed E-state index contributed by atoms with van der Waals surface area (Å²) in [5.74, 6) is -2.12. The van der Waals surface area contributed by atoms with Crippen LogP contribution >= 0.6 is 0 Å². The van der Waals surface area contributed by atoms with Crippen LogP contribution < -0.4 is 4.90 Å². The third kappa shape index (κ3) is 3.51. The number of nitro benzene ring substituents is 1. The molecule has 1 aliphatic rings. The smallest absolute Gasteiger partial charge is 0.300 e. The Bertz CT molecular complexity index is 1280. The van der Waals surface area contributed by atoms with Gasteiger partial charge in [-0.1, -0.05) is 29.8 Å². The van der Waals surface area contributed by atoms with Gasteiger partial charge in [0.1, 0.15) is 5.76 Å². The summed E-state index contributed by atoms with van der Waals surface area (Å²) in [5.41, 5.74) is 2.61. The molecule has 1 aliphatic heterocycles. The van der Waals surface area contributed by atoms with Gasteiger partial charge in [0, 0.05) is 35.8 Å². The van der Waals surface area contributed by atoms with E-state index in [1.54, 1.807) is 18.2 Å². The summed E-state index contributed by atoms with van der Waals surface area (Å²) in [5, 5.41) is 22.2. The number of anilines is 1. The van der Waals surface area contributed by atoms with Crippen LogP contribution in [0.5, 0.6) is 0 Å². The molecule has 1 aromatic heterocycles. The van der Waals surface area contributed by atoms with Crippen molar-refractivity contribution in [1.82, 2.24) is 4.98 Å². The predicted molar refractivity (Wildman–Crippen MR) is 118 cm³/mol. The van der Waals surface area contributed by atoms with Crippen LogP contribution in [0.3, 0.4) is 0 Å². The van der Waals surface area contributed by atoms with Gasteiger partial charge in [-0.05, 0) is 43.2 Å². The summed E-state index contributed by atoms with van der Waals surface area (Å²) in [6.07, 6.45) is 3.07. The number of benzene rings is 2. The highest BCUT2D eigenvalue weighted by Crippen LogP contribution is 2.43. The molecule has 2 aromatic carbocycles. The number of hydrogen-bond donors (Lipinski definition) is 1. The van der Waals surface area contributed by atoms with Crippen molar-refractivity contribution in [3.63, 3.8) is 0 Å². The van der Waals surface area contributed by atoms with Crippen molar-refractivity contribution in [1.29, 1.82) is 0 Å². The maximum Gasteiger partial charge on any atom is 0.300 e. The number of aromatic nitrogens is 1. The zero-order chi connectivity index (χ0) is 23.0. The van der Waals surface area contributed by atoms with Gasteiger partial charge < -0.3 is 5.11 Å². The van der Waals surface area contributed by atoms with Crippen molar-refractivity contribution in [2.24, 2.45) is 0 Å². The van der Waals surface area contributed by atoms with E-state index in [9.17, 15) is 24.8 Å². The number of aliphatic hydroxyl groups excluding tert-OH is 1. The molecule has 0 aliphatic carbocycles. The minimum absolute atomic E-state index is 0.0804. The standard InChI is InChI=1S/C24H19N3O5/c1-14-6-7-19(15(2)12-14)26-21(16-8-10-25-11-9-16)20(23(29)24(26)30)22(28)17-4-3-5-18(13-17)27(31)32/h3-13,21,28H,1-2H3/b22-20-. The molecule has 0 radical (unpaired) electrons. The van der Waals surface area contributed by atoms with Crippen LogP contribution in [0.25, 0.3) is 5.76 Å². The van der Waals surface area contributed by atoms with E-state index in [0.29, 0.717) is 11.3 Å². The number of aryl methyl sites for hydroxylation is 2. The molecule has 1 N–H and O–H groups in total. The summed E-state index contributed by atoms with van der Waals surface area (Å²) in [7, 11) is 0. The highest BCUT2D eigenvalue weighted by atomic mass is 16.6. The minimum atomic E-state index is -0.918. The Morgan fingerprint density at radius 2 is 1.78 bits per heavy atom. The van der Waals surface area contributed by atoms with Gasteiger partial charge >= 0.3 is 0 Å². The second-order valence-corrected chi connectivity index (χ2v) is 7.55. The van der Waals surface area contributed by atoms with Crippen molar-refractivity contribution in [3.05, 3.63) is 105 Å². The zero-order valence-electron chi connectivity index (χ0n) is 17.4. The van der Waals surface area contributed by atoms with Gasteiger partial charge in [0.25, 0.3) is 17.4 Å². The molecule has 160 valence electrons. The van der Waals surface area contributed by atoms with Crippen LogP contribution in [0.4, 0.5) is 11.4 Å². The lowest BCUT2D eigenvalue weighted by Gasteiger charge is -2.27. The summed E-state index contributed by atoms with van der Waals surface area (Å²) in [4.78, 5) is 42.2. The number of carbonyl (C=O) groups is 2. The van der Waals surface area contributed by atoms with E-state index in [2.05, 4.69) is 4.98 Å². The van der Waals surface area contributed by atoms with Crippen molar-refractivity contribution >= 4 is 28.8 Å². The molecule has 1 unspecified atom stereocenters. The molecule has 1 saturated heterocycles. The predicted octanol–water partition coefficient (Wildman–Crippen LogP) is 4.23. The lowest BCUT2D eigenvalue weighted by atomic mass is 9.95. The number of hydrogen-bond acceptors (Lipinski definition) is 6. The van der Waals surface area contributed by atoms with Crippen molar-refractivity contribution < 1.29 is 19.6 Å². The Labute approximate surface area is 183 Å². The van der Waals surface area contributed by atoms with E-state index in [-0.39, 0.29) is 16.8 Å². The fourth-order valence-corrected chi connectivity index (χ4v) is 3.94. The van der Waals surface area contributed by atoms with Crippen molar-refractivity contribution in [2.45, 2.75) is 19.9 Å². The molecule has 8 heteroatoms. The lowest BCUT2D eigenvalue weighted by Crippen LogP contribution is -2.30. The van der Waals surface area contributed by atoms with Crippen LogP contribution in [0.15, 0.2) is 72.6 Å². The van der Waals surface area contributed by atoms with E-state index in [4.69, 9.17) is 0 Å². The number of ketones is 1. The van der Waals surface area contributed by atoms with E-state index < -0.39 is 28.4 Å². The average Bonchev–Trinajstić information content (AvgIpc) is 3.04. The lowest BCUT2D eigenvalue weighted by molar-refractivity contribution is -0.384. The van der Waals surface area contributed by atoms with Crippen LogP contribution in [0.2, 0.25) is 0 Å². The van der Waals surface area contributed by atoms with E-state index >= 15 is 0 Å². The maximum absolute atomic E-state index is 13.2. The number of rotatable bonds is 4. The molecule has 4 rings (SSSR count). The Hall–Kier alpha value is -4.33. The summed E-state index contributed by atoms with van der Waals surface area (Å²) >= 11 is 0. The number of Topliss-reactive ketones (excluding diaryl/α,β-unsaturated/α-hetero) is 1. The highest BCUT2D eigenvalue weighted by Gasteiger charge is 2.47. The van der Waals surface area contributed by atoms with Crippen molar-refractivity contribution in [2.75, 3.05) is 4.90 Å². The first-order chi connectivity index (χ1) is 15.3. The summed E-state index contributed by atoms with van der Waals surface area (Å²) in [6.45, 7) is 3.76. The normalized spacial score (nSPS) is 17.6. The number of non-ortho nitro benzene ring substituents is 1. The second kappa shape index (κ2) is 8.07. The number of nitro groups is 1. The topological polar surface area (TPSA) is 114 Å². The number of nitrogens with zero attached hydrogens (tertiary/aromatic N) is 3. The van der Waals surface area contributed by atoms with E-state index in [1.165, 1.54) is 41.6 Å². The van der Waals surface area contributed by atoms with Gasteiger partial charge in [0.2, 0.25) is 0 Å². The highest BCUT2D eigenvalue weighted by molar-refractivity contribution is 6.51. The van der Waals surface area contributed by atoms with Crippen LogP contribution in [0, 0.1) is 24.0 Å². The SMILES string of the molecule is Cc1ccc(N2C(=O)C(=O)/C(=C(\O)c3cccc([N+](=O)[O-])c3)C2c2ccncc2)c(C)c1.